The number of aromatic nitrogens is 4. The van der Waals surface area contributed by atoms with Crippen LogP contribution in [0.3, 0.4) is 0 Å². The molecule has 0 saturated carbocycles. The number of anilines is 1. The summed E-state index contributed by atoms with van der Waals surface area (Å²) in [5, 5.41) is 7.95. The molecule has 0 fully saturated rings. The van der Waals surface area contributed by atoms with Crippen molar-refractivity contribution < 1.29 is 4.79 Å². The molecule has 3 aromatic heterocycles. The zero-order valence-electron chi connectivity index (χ0n) is 17.5. The van der Waals surface area contributed by atoms with Crippen molar-refractivity contribution in [2.75, 3.05) is 18.9 Å². The summed E-state index contributed by atoms with van der Waals surface area (Å²) >= 11 is 1.61. The lowest BCUT2D eigenvalue weighted by atomic mass is 9.96. The van der Waals surface area contributed by atoms with E-state index in [9.17, 15) is 4.79 Å². The molecule has 31 heavy (non-hydrogen) atoms. The first-order valence-corrected chi connectivity index (χ1v) is 10.5. The van der Waals surface area contributed by atoms with Crippen molar-refractivity contribution in [2.45, 2.75) is 19.8 Å². The molecule has 0 bridgehead atoms. The maximum atomic E-state index is 12.2. The highest BCUT2D eigenvalue weighted by Gasteiger charge is 2.15. The van der Waals surface area contributed by atoms with Crippen LogP contribution in [0.5, 0.6) is 0 Å². The van der Waals surface area contributed by atoms with Gasteiger partial charge < -0.3 is 10.6 Å². The molecule has 4 rings (SSSR count). The van der Waals surface area contributed by atoms with Crippen LogP contribution in [0.15, 0.2) is 49.1 Å². The van der Waals surface area contributed by atoms with E-state index in [1.165, 1.54) is 0 Å². The molecular formula is C22H24N6OS2. The average Bonchev–Trinajstić information content (AvgIpc) is 3.22. The number of hydrogen-bond acceptors (Lipinski definition) is 7. The standard InChI is InChI=1S/C22H22N6OS.H2S/c1-13(10-26-20-9-18(27-12-28-20)19-11-25-14(2)30-19)15-5-4-6-16-17(22(29)23-3)7-8-24-21(15)16;/h4-9,11-13H,10H2,1-3H3,(H,23,29)(H,26,27,28);1H2/t13-;/m1./s1. The number of hydrogen-bond donors (Lipinski definition) is 2. The molecule has 0 aliphatic heterocycles. The monoisotopic (exact) mass is 452 g/mol. The van der Waals surface area contributed by atoms with Crippen LogP contribution >= 0.6 is 24.8 Å². The minimum Gasteiger partial charge on any atom is -0.369 e. The third kappa shape index (κ3) is 4.83. The lowest BCUT2D eigenvalue weighted by molar-refractivity contribution is 0.0964. The van der Waals surface area contributed by atoms with E-state index in [-0.39, 0.29) is 25.3 Å². The lowest BCUT2D eigenvalue weighted by Crippen LogP contribution is -2.18. The molecule has 0 aliphatic carbocycles. The summed E-state index contributed by atoms with van der Waals surface area (Å²) in [5.74, 6) is 0.805. The van der Waals surface area contributed by atoms with Crippen molar-refractivity contribution in [2.24, 2.45) is 0 Å². The maximum absolute atomic E-state index is 12.2. The molecule has 2 N–H and O–H groups in total. The molecule has 0 unspecified atom stereocenters. The number of carbonyl (C=O) groups is 1. The van der Waals surface area contributed by atoms with Gasteiger partial charge in [-0.3, -0.25) is 9.78 Å². The quantitative estimate of drug-likeness (QED) is 0.457. The van der Waals surface area contributed by atoms with E-state index in [1.54, 1.807) is 37.0 Å². The summed E-state index contributed by atoms with van der Waals surface area (Å²) in [4.78, 5) is 30.8. The Balaban J connectivity index is 0.00000272. The number of amides is 1. The molecule has 0 aliphatic rings. The Labute approximate surface area is 191 Å². The molecule has 1 atom stereocenters. The number of nitrogens with zero attached hydrogens (tertiary/aromatic N) is 4. The van der Waals surface area contributed by atoms with Crippen LogP contribution < -0.4 is 10.6 Å². The molecule has 160 valence electrons. The predicted octanol–water partition coefficient (Wildman–Crippen LogP) is 4.14. The van der Waals surface area contributed by atoms with Gasteiger partial charge in [-0.15, -0.1) is 11.3 Å². The van der Waals surface area contributed by atoms with E-state index < -0.39 is 0 Å². The van der Waals surface area contributed by atoms with Gasteiger partial charge in [-0.25, -0.2) is 15.0 Å². The van der Waals surface area contributed by atoms with Gasteiger partial charge in [-0.1, -0.05) is 25.1 Å². The largest absolute Gasteiger partial charge is 0.369 e. The molecule has 0 saturated heterocycles. The van der Waals surface area contributed by atoms with Crippen molar-refractivity contribution in [3.05, 3.63) is 65.2 Å². The average molecular weight is 453 g/mol. The van der Waals surface area contributed by atoms with Gasteiger partial charge in [-0.05, 0) is 18.6 Å². The minimum absolute atomic E-state index is 0. The van der Waals surface area contributed by atoms with Crippen molar-refractivity contribution >= 4 is 47.5 Å². The number of pyridine rings is 1. The zero-order chi connectivity index (χ0) is 21.1. The summed E-state index contributed by atoms with van der Waals surface area (Å²) in [6, 6.07) is 9.64. The molecule has 0 radical (unpaired) electrons. The van der Waals surface area contributed by atoms with Crippen molar-refractivity contribution in [3.8, 4) is 10.6 Å². The highest BCUT2D eigenvalue weighted by atomic mass is 32.1. The highest BCUT2D eigenvalue weighted by molar-refractivity contribution is 7.59. The van der Waals surface area contributed by atoms with Gasteiger partial charge in [0.1, 0.15) is 12.1 Å². The molecule has 1 aromatic carbocycles. The normalized spacial score (nSPS) is 11.6. The second kappa shape index (κ2) is 9.84. The predicted molar refractivity (Wildman–Crippen MR) is 130 cm³/mol. The van der Waals surface area contributed by atoms with Gasteiger partial charge in [0.2, 0.25) is 0 Å². The topological polar surface area (TPSA) is 92.7 Å². The molecule has 1 amide bonds. The van der Waals surface area contributed by atoms with Crippen LogP contribution in [0.1, 0.15) is 33.8 Å². The molecule has 0 spiro atoms. The Morgan fingerprint density at radius 3 is 2.74 bits per heavy atom. The smallest absolute Gasteiger partial charge is 0.251 e. The van der Waals surface area contributed by atoms with E-state index in [0.29, 0.717) is 12.1 Å². The highest BCUT2D eigenvalue weighted by Crippen LogP contribution is 2.28. The Morgan fingerprint density at radius 1 is 1.16 bits per heavy atom. The molecule has 9 heteroatoms. The second-order valence-corrected chi connectivity index (χ2v) is 8.23. The number of nitrogens with one attached hydrogen (secondary N) is 2. The van der Waals surface area contributed by atoms with Crippen molar-refractivity contribution in [3.63, 3.8) is 0 Å². The van der Waals surface area contributed by atoms with E-state index in [1.807, 2.05) is 31.3 Å². The number of rotatable bonds is 6. The fraction of sp³-hybridized carbons (Fsp3) is 0.227. The summed E-state index contributed by atoms with van der Waals surface area (Å²) in [6.45, 7) is 4.78. The summed E-state index contributed by atoms with van der Waals surface area (Å²) in [7, 11) is 1.63. The number of carbonyl (C=O) groups excluding carboxylic acids is 1. The number of para-hydroxylation sites is 1. The van der Waals surface area contributed by atoms with Crippen molar-refractivity contribution in [1.29, 1.82) is 0 Å². The zero-order valence-corrected chi connectivity index (χ0v) is 19.3. The van der Waals surface area contributed by atoms with Gasteiger partial charge >= 0.3 is 0 Å². The van der Waals surface area contributed by atoms with E-state index in [4.69, 9.17) is 0 Å². The number of aryl methyl sites for hydroxylation is 1. The summed E-state index contributed by atoms with van der Waals surface area (Å²) in [6.07, 6.45) is 5.08. The Hall–Kier alpha value is -3.04. The first kappa shape index (κ1) is 22.6. The third-order valence-corrected chi connectivity index (χ3v) is 5.87. The van der Waals surface area contributed by atoms with E-state index >= 15 is 0 Å². The lowest BCUT2D eigenvalue weighted by Gasteiger charge is -2.16. The van der Waals surface area contributed by atoms with E-state index in [0.717, 1.165) is 37.9 Å². The molecule has 3 heterocycles. The van der Waals surface area contributed by atoms with Gasteiger partial charge in [-0.2, -0.15) is 13.5 Å². The van der Waals surface area contributed by atoms with Gasteiger partial charge in [0.05, 0.1) is 26.7 Å². The third-order valence-electron chi connectivity index (χ3n) is 4.94. The first-order valence-electron chi connectivity index (χ1n) is 9.65. The fourth-order valence-electron chi connectivity index (χ4n) is 3.37. The Morgan fingerprint density at radius 2 is 2.00 bits per heavy atom. The van der Waals surface area contributed by atoms with Crippen LogP contribution in [0, 0.1) is 6.92 Å². The Bertz CT molecular complexity index is 1210. The van der Waals surface area contributed by atoms with Gasteiger partial charge in [0.15, 0.2) is 0 Å². The number of fused-ring (bicyclic) bond motifs is 1. The second-order valence-electron chi connectivity index (χ2n) is 7.00. The fourth-order valence-corrected chi connectivity index (χ4v) is 4.11. The van der Waals surface area contributed by atoms with Crippen LogP contribution in [0.25, 0.3) is 21.5 Å². The Kier molecular flexibility index (Phi) is 7.19. The number of benzene rings is 1. The van der Waals surface area contributed by atoms with Crippen LogP contribution in [0.2, 0.25) is 0 Å². The summed E-state index contributed by atoms with van der Waals surface area (Å²) in [5.41, 5.74) is 3.41. The first-order chi connectivity index (χ1) is 14.6. The molecular weight excluding hydrogens is 428 g/mol. The van der Waals surface area contributed by atoms with Crippen molar-refractivity contribution in [1.82, 2.24) is 25.3 Å². The SMILES string of the molecule is CNC(=O)c1ccnc2c([C@H](C)CNc3cc(-c4cnc(C)s4)ncn3)cccc12.S. The summed E-state index contributed by atoms with van der Waals surface area (Å²) < 4.78 is 0. The van der Waals surface area contributed by atoms with E-state index in [2.05, 4.69) is 43.6 Å². The van der Waals surface area contributed by atoms with Crippen LogP contribution in [-0.2, 0) is 0 Å². The molecule has 7 nitrogen and oxygen atoms in total. The van der Waals surface area contributed by atoms with Crippen LogP contribution in [0.4, 0.5) is 5.82 Å². The van der Waals surface area contributed by atoms with Gasteiger partial charge in [0, 0.05) is 43.4 Å². The van der Waals surface area contributed by atoms with Gasteiger partial charge in [0.25, 0.3) is 5.91 Å². The minimum atomic E-state index is -0.114. The van der Waals surface area contributed by atoms with Crippen LogP contribution in [-0.4, -0.2) is 39.4 Å². The maximum Gasteiger partial charge on any atom is 0.251 e. The number of thiazole rings is 1. The molecule has 4 aromatic rings.